The van der Waals surface area contributed by atoms with Crippen molar-refractivity contribution >= 4 is 18.0 Å². The third kappa shape index (κ3) is 4.09. The largest absolute Gasteiger partial charge is 0.481 e. The Morgan fingerprint density at radius 1 is 1.33 bits per heavy atom. The van der Waals surface area contributed by atoms with Gasteiger partial charge in [0, 0.05) is 12.6 Å². The van der Waals surface area contributed by atoms with Crippen molar-refractivity contribution in [1.82, 2.24) is 10.2 Å². The zero-order chi connectivity index (χ0) is 15.4. The summed E-state index contributed by atoms with van der Waals surface area (Å²) in [6, 6.07) is -1.25. The minimum atomic E-state index is -0.921. The number of aliphatic carboxylic acids is 1. The van der Waals surface area contributed by atoms with Crippen LogP contribution in [0.25, 0.3) is 0 Å². The Bertz CT molecular complexity index is 422. The van der Waals surface area contributed by atoms with E-state index in [1.807, 2.05) is 0 Å². The molecule has 2 N–H and O–H groups in total. The van der Waals surface area contributed by atoms with Crippen LogP contribution in [0.2, 0.25) is 0 Å². The van der Waals surface area contributed by atoms with Gasteiger partial charge in [-0.25, -0.2) is 9.59 Å². The van der Waals surface area contributed by atoms with Crippen LogP contribution in [-0.2, 0) is 14.3 Å². The molecule has 1 saturated heterocycles. The van der Waals surface area contributed by atoms with Crippen LogP contribution < -0.4 is 5.32 Å². The van der Waals surface area contributed by atoms with Gasteiger partial charge in [0.25, 0.3) is 0 Å². The van der Waals surface area contributed by atoms with Gasteiger partial charge >= 0.3 is 18.0 Å². The van der Waals surface area contributed by atoms with E-state index in [4.69, 9.17) is 9.84 Å². The lowest BCUT2D eigenvalue weighted by Gasteiger charge is -2.26. The number of carboxylic acids is 1. The van der Waals surface area contributed by atoms with Gasteiger partial charge in [-0.1, -0.05) is 0 Å². The third-order valence-electron chi connectivity index (χ3n) is 3.97. The molecule has 2 aliphatic rings. The molecule has 118 valence electrons. The molecule has 2 atom stereocenters. The number of urea groups is 1. The molecule has 0 radical (unpaired) electrons. The van der Waals surface area contributed by atoms with Gasteiger partial charge in [-0.15, -0.1) is 0 Å². The van der Waals surface area contributed by atoms with Crippen molar-refractivity contribution in [1.29, 1.82) is 0 Å². The maximum Gasteiger partial charge on any atom is 0.328 e. The normalized spacial score (nSPS) is 22.7. The van der Waals surface area contributed by atoms with Gasteiger partial charge in [-0.2, -0.15) is 0 Å². The lowest BCUT2D eigenvalue weighted by Crippen LogP contribution is -2.50. The number of nitrogens with zero attached hydrogens (tertiary/aromatic N) is 1. The Morgan fingerprint density at radius 2 is 2.05 bits per heavy atom. The zero-order valence-electron chi connectivity index (χ0n) is 12.2. The molecule has 1 heterocycles. The van der Waals surface area contributed by atoms with E-state index in [2.05, 4.69) is 5.32 Å². The van der Waals surface area contributed by atoms with Gasteiger partial charge in [0.15, 0.2) is 0 Å². The average Bonchev–Trinajstić information content (AvgIpc) is 3.14. The standard InChI is InChI=1S/C14H22N2O5/c1-2-21-13(19)11-4-3-7-16(11)14(20)15-10(8-12(17)18)9-5-6-9/h9-11H,2-8H2,1H3,(H,15,20)(H,17,18). The van der Waals surface area contributed by atoms with Crippen LogP contribution in [0.5, 0.6) is 0 Å². The molecule has 21 heavy (non-hydrogen) atoms. The van der Waals surface area contributed by atoms with E-state index in [0.29, 0.717) is 13.0 Å². The SMILES string of the molecule is CCOC(=O)C1CCCN1C(=O)NC(CC(=O)O)C1CC1. The Hall–Kier alpha value is -1.79. The van der Waals surface area contributed by atoms with Crippen molar-refractivity contribution in [3.05, 3.63) is 0 Å². The molecular weight excluding hydrogens is 276 g/mol. The number of ether oxygens (including phenoxy) is 1. The molecule has 0 aromatic heterocycles. The first-order chi connectivity index (χ1) is 10.0. The zero-order valence-corrected chi connectivity index (χ0v) is 12.2. The lowest BCUT2D eigenvalue weighted by molar-refractivity contribution is -0.147. The van der Waals surface area contributed by atoms with Crippen molar-refractivity contribution in [2.24, 2.45) is 5.92 Å². The number of esters is 1. The summed E-state index contributed by atoms with van der Waals surface area (Å²) in [5.41, 5.74) is 0. The molecule has 7 heteroatoms. The Labute approximate surface area is 123 Å². The predicted molar refractivity (Wildman–Crippen MR) is 73.7 cm³/mol. The maximum absolute atomic E-state index is 12.3. The number of carbonyl (C=O) groups excluding carboxylic acids is 2. The molecular formula is C14H22N2O5. The molecule has 0 bridgehead atoms. The number of hydrogen-bond donors (Lipinski definition) is 2. The van der Waals surface area contributed by atoms with E-state index in [0.717, 1.165) is 19.3 Å². The van der Waals surface area contributed by atoms with Gasteiger partial charge in [0.2, 0.25) is 0 Å². The monoisotopic (exact) mass is 298 g/mol. The quantitative estimate of drug-likeness (QED) is 0.713. The molecule has 0 aromatic carbocycles. The summed E-state index contributed by atoms with van der Waals surface area (Å²) in [6.45, 7) is 2.52. The van der Waals surface area contributed by atoms with Crippen LogP contribution >= 0.6 is 0 Å². The Balaban J connectivity index is 1.94. The van der Waals surface area contributed by atoms with Crippen molar-refractivity contribution in [2.45, 2.75) is 51.1 Å². The minimum absolute atomic E-state index is 0.0751. The Kier molecular flexibility index (Phi) is 5.03. The summed E-state index contributed by atoms with van der Waals surface area (Å²) >= 11 is 0. The Morgan fingerprint density at radius 3 is 2.62 bits per heavy atom. The van der Waals surface area contributed by atoms with Gasteiger partial charge in [0.05, 0.1) is 13.0 Å². The van der Waals surface area contributed by atoms with Crippen LogP contribution in [0.15, 0.2) is 0 Å². The van der Waals surface area contributed by atoms with Crippen LogP contribution in [-0.4, -0.2) is 53.2 Å². The molecule has 0 aromatic rings. The van der Waals surface area contributed by atoms with Gasteiger partial charge in [-0.3, -0.25) is 4.79 Å². The molecule has 0 spiro atoms. The number of rotatable bonds is 6. The van der Waals surface area contributed by atoms with E-state index in [1.54, 1.807) is 6.92 Å². The van der Waals surface area contributed by atoms with E-state index < -0.39 is 12.0 Å². The summed E-state index contributed by atoms with van der Waals surface area (Å²) in [7, 11) is 0. The van der Waals surface area contributed by atoms with E-state index in [-0.39, 0.29) is 37.0 Å². The van der Waals surface area contributed by atoms with Gasteiger partial charge in [-0.05, 0) is 38.5 Å². The number of carbonyl (C=O) groups is 3. The minimum Gasteiger partial charge on any atom is -0.481 e. The van der Waals surface area contributed by atoms with E-state index in [1.165, 1.54) is 4.90 Å². The molecule has 2 fully saturated rings. The number of carboxylic acid groups (broad SMARTS) is 1. The van der Waals surface area contributed by atoms with E-state index >= 15 is 0 Å². The molecule has 1 saturated carbocycles. The lowest BCUT2D eigenvalue weighted by atomic mass is 10.1. The first-order valence-corrected chi connectivity index (χ1v) is 7.48. The third-order valence-corrected chi connectivity index (χ3v) is 3.97. The highest BCUT2D eigenvalue weighted by molar-refractivity contribution is 5.84. The maximum atomic E-state index is 12.3. The average molecular weight is 298 g/mol. The first kappa shape index (κ1) is 15.6. The summed E-state index contributed by atoms with van der Waals surface area (Å²) in [6.07, 6.45) is 3.16. The number of hydrogen-bond acceptors (Lipinski definition) is 4. The highest BCUT2D eigenvalue weighted by atomic mass is 16.5. The van der Waals surface area contributed by atoms with Crippen LogP contribution in [0.3, 0.4) is 0 Å². The second kappa shape index (κ2) is 6.78. The van der Waals surface area contributed by atoms with Crippen LogP contribution in [0, 0.1) is 5.92 Å². The summed E-state index contributed by atoms with van der Waals surface area (Å²) in [4.78, 5) is 36.5. The van der Waals surface area contributed by atoms with Crippen molar-refractivity contribution in [3.63, 3.8) is 0 Å². The summed E-state index contributed by atoms with van der Waals surface area (Å²) < 4.78 is 4.98. The smallest absolute Gasteiger partial charge is 0.328 e. The van der Waals surface area contributed by atoms with Crippen molar-refractivity contribution < 1.29 is 24.2 Å². The molecule has 7 nitrogen and oxygen atoms in total. The fraction of sp³-hybridized carbons (Fsp3) is 0.786. The molecule has 1 aliphatic carbocycles. The van der Waals surface area contributed by atoms with Crippen molar-refractivity contribution in [3.8, 4) is 0 Å². The topological polar surface area (TPSA) is 95.9 Å². The highest BCUT2D eigenvalue weighted by Crippen LogP contribution is 2.34. The highest BCUT2D eigenvalue weighted by Gasteiger charge is 2.39. The van der Waals surface area contributed by atoms with E-state index in [9.17, 15) is 14.4 Å². The molecule has 2 amide bonds. The number of amides is 2. The molecule has 2 rings (SSSR count). The fourth-order valence-electron chi connectivity index (χ4n) is 2.76. The summed E-state index contributed by atoms with van der Waals surface area (Å²) in [5, 5.41) is 11.7. The van der Waals surface area contributed by atoms with Crippen molar-refractivity contribution in [2.75, 3.05) is 13.2 Å². The molecule has 2 unspecified atom stereocenters. The van der Waals surface area contributed by atoms with Crippen LogP contribution in [0.1, 0.15) is 39.0 Å². The number of likely N-dealkylation sites (tertiary alicyclic amines) is 1. The second-order valence-electron chi connectivity index (χ2n) is 5.59. The second-order valence-corrected chi connectivity index (χ2v) is 5.59. The van der Waals surface area contributed by atoms with Gasteiger partial charge in [0.1, 0.15) is 6.04 Å². The molecule has 1 aliphatic heterocycles. The van der Waals surface area contributed by atoms with Gasteiger partial charge < -0.3 is 20.1 Å². The first-order valence-electron chi connectivity index (χ1n) is 7.48. The fourth-order valence-corrected chi connectivity index (χ4v) is 2.76. The van der Waals surface area contributed by atoms with Crippen LogP contribution in [0.4, 0.5) is 4.79 Å². The predicted octanol–water partition coefficient (Wildman–Crippen LogP) is 0.977. The number of nitrogens with one attached hydrogen (secondary N) is 1. The summed E-state index contributed by atoms with van der Waals surface area (Å²) in [5.74, 6) is -1.06.